The van der Waals surface area contributed by atoms with Crippen molar-refractivity contribution in [3.63, 3.8) is 0 Å². The summed E-state index contributed by atoms with van der Waals surface area (Å²) in [5, 5.41) is 3.19. The zero-order chi connectivity index (χ0) is 24.0. The number of alkyl halides is 3. The van der Waals surface area contributed by atoms with Crippen molar-refractivity contribution in [2.75, 3.05) is 12.4 Å². The first-order valence-corrected chi connectivity index (χ1v) is 10.3. The molecule has 172 valence electrons. The molecule has 0 saturated carbocycles. The molecule has 0 aliphatic heterocycles. The van der Waals surface area contributed by atoms with Crippen molar-refractivity contribution in [1.29, 1.82) is 0 Å². The zero-order valence-corrected chi connectivity index (χ0v) is 18.8. The number of rotatable bonds is 7. The number of nitrogens with one attached hydrogen (secondary N) is 1. The van der Waals surface area contributed by atoms with E-state index in [-0.39, 0.29) is 12.3 Å². The zero-order valence-electron chi connectivity index (χ0n) is 17.2. The van der Waals surface area contributed by atoms with Gasteiger partial charge in [0.25, 0.3) is 0 Å². The quantitative estimate of drug-likeness (QED) is 0.351. The molecule has 1 N–H and O–H groups in total. The van der Waals surface area contributed by atoms with Crippen LogP contribution in [-0.4, -0.2) is 13.0 Å². The third kappa shape index (κ3) is 6.43. The van der Waals surface area contributed by atoms with Crippen LogP contribution in [0.15, 0.2) is 66.7 Å². The van der Waals surface area contributed by atoms with E-state index in [0.29, 0.717) is 32.7 Å². The van der Waals surface area contributed by atoms with Gasteiger partial charge in [-0.1, -0.05) is 47.5 Å². The Balaban J connectivity index is 1.70. The lowest BCUT2D eigenvalue weighted by Gasteiger charge is -2.13. The van der Waals surface area contributed by atoms with Gasteiger partial charge in [-0.05, 0) is 48.0 Å². The molecule has 3 rings (SSSR count). The minimum atomic E-state index is -4.58. The standard InChI is InChI=1S/C24H18Cl2F3NO3/c1-32-22-13-15(9-11-21(22)33-14-16-18(25)6-4-7-19(16)26)10-12-23(31)30-20-8-3-2-5-17(20)24(27,28)29/h2-13H,14H2,1H3,(H,30,31)/b12-10+. The fraction of sp³-hybridized carbons (Fsp3) is 0.125. The van der Waals surface area contributed by atoms with Crippen LogP contribution in [0.5, 0.6) is 11.5 Å². The van der Waals surface area contributed by atoms with E-state index >= 15 is 0 Å². The number of anilines is 1. The molecule has 0 spiro atoms. The number of carbonyl (C=O) groups excluding carboxylic acids is 1. The van der Waals surface area contributed by atoms with Crippen LogP contribution in [0.1, 0.15) is 16.7 Å². The molecule has 9 heteroatoms. The number of methoxy groups -OCH3 is 1. The second-order valence-electron chi connectivity index (χ2n) is 6.77. The van der Waals surface area contributed by atoms with Crippen molar-refractivity contribution >= 4 is 40.9 Å². The fourth-order valence-electron chi connectivity index (χ4n) is 2.91. The lowest BCUT2D eigenvalue weighted by atomic mass is 10.1. The van der Waals surface area contributed by atoms with Crippen LogP contribution in [0.3, 0.4) is 0 Å². The van der Waals surface area contributed by atoms with Gasteiger partial charge in [0.05, 0.1) is 18.4 Å². The summed E-state index contributed by atoms with van der Waals surface area (Å²) in [6.45, 7) is 0.116. The highest BCUT2D eigenvalue weighted by molar-refractivity contribution is 6.35. The predicted octanol–water partition coefficient (Wildman–Crippen LogP) is 7.25. The Morgan fingerprint density at radius 2 is 1.70 bits per heavy atom. The molecule has 33 heavy (non-hydrogen) atoms. The molecule has 3 aromatic rings. The van der Waals surface area contributed by atoms with Gasteiger partial charge < -0.3 is 14.8 Å². The summed E-state index contributed by atoms with van der Waals surface area (Å²) in [4.78, 5) is 12.2. The second-order valence-corrected chi connectivity index (χ2v) is 7.58. The molecular formula is C24H18Cl2F3NO3. The Bertz CT molecular complexity index is 1160. The van der Waals surface area contributed by atoms with Gasteiger partial charge in [0.15, 0.2) is 11.5 Å². The van der Waals surface area contributed by atoms with Crippen LogP contribution in [-0.2, 0) is 17.6 Å². The van der Waals surface area contributed by atoms with Gasteiger partial charge in [-0.15, -0.1) is 0 Å². The van der Waals surface area contributed by atoms with E-state index in [9.17, 15) is 18.0 Å². The number of hydrogen-bond acceptors (Lipinski definition) is 3. The average Bonchev–Trinajstić information content (AvgIpc) is 2.77. The predicted molar refractivity (Wildman–Crippen MR) is 123 cm³/mol. The smallest absolute Gasteiger partial charge is 0.418 e. The van der Waals surface area contributed by atoms with Crippen molar-refractivity contribution in [2.45, 2.75) is 12.8 Å². The summed E-state index contributed by atoms with van der Waals surface area (Å²) in [5.74, 6) is 0.108. The summed E-state index contributed by atoms with van der Waals surface area (Å²) in [6, 6.07) is 14.8. The fourth-order valence-corrected chi connectivity index (χ4v) is 3.42. The minimum absolute atomic E-state index is 0.116. The SMILES string of the molecule is COc1cc(/C=C/C(=O)Nc2ccccc2C(F)(F)F)ccc1OCc1c(Cl)cccc1Cl. The maximum atomic E-state index is 13.1. The molecule has 0 radical (unpaired) electrons. The Morgan fingerprint density at radius 3 is 2.36 bits per heavy atom. The monoisotopic (exact) mass is 495 g/mol. The van der Waals surface area contributed by atoms with E-state index in [4.69, 9.17) is 32.7 Å². The van der Waals surface area contributed by atoms with Crippen LogP contribution in [0.25, 0.3) is 6.08 Å². The number of benzene rings is 3. The third-order valence-corrected chi connectivity index (χ3v) is 5.25. The van der Waals surface area contributed by atoms with E-state index in [2.05, 4.69) is 5.32 Å². The van der Waals surface area contributed by atoms with Gasteiger partial charge in [0, 0.05) is 21.7 Å². The molecule has 0 aromatic heterocycles. The van der Waals surface area contributed by atoms with E-state index in [1.165, 1.54) is 31.4 Å². The molecule has 0 aliphatic rings. The number of hydrogen-bond donors (Lipinski definition) is 1. The summed E-state index contributed by atoms with van der Waals surface area (Å²) >= 11 is 12.3. The number of ether oxygens (including phenoxy) is 2. The Labute approximate surface area is 198 Å². The molecular weight excluding hydrogens is 478 g/mol. The third-order valence-electron chi connectivity index (χ3n) is 4.54. The van der Waals surface area contributed by atoms with Crippen molar-refractivity contribution in [1.82, 2.24) is 0 Å². The highest BCUT2D eigenvalue weighted by Gasteiger charge is 2.33. The molecule has 0 unspecified atom stereocenters. The Hall–Kier alpha value is -3.16. The van der Waals surface area contributed by atoms with E-state index in [1.54, 1.807) is 36.4 Å². The molecule has 0 atom stereocenters. The van der Waals surface area contributed by atoms with Crippen LogP contribution in [0.4, 0.5) is 18.9 Å². The second kappa shape index (κ2) is 10.6. The van der Waals surface area contributed by atoms with Crippen molar-refractivity contribution < 1.29 is 27.4 Å². The van der Waals surface area contributed by atoms with Gasteiger partial charge in [-0.2, -0.15) is 13.2 Å². The number of amides is 1. The molecule has 0 saturated heterocycles. The number of carbonyl (C=O) groups is 1. The topological polar surface area (TPSA) is 47.6 Å². The van der Waals surface area contributed by atoms with E-state index < -0.39 is 17.6 Å². The Kier molecular flexibility index (Phi) is 7.89. The molecule has 0 fully saturated rings. The molecule has 0 heterocycles. The summed E-state index contributed by atoms with van der Waals surface area (Å²) in [5.41, 5.74) is -0.0374. The van der Waals surface area contributed by atoms with Crippen molar-refractivity contribution in [2.24, 2.45) is 0 Å². The molecule has 0 bridgehead atoms. The number of halogens is 5. The van der Waals surface area contributed by atoms with Gasteiger partial charge >= 0.3 is 6.18 Å². The lowest BCUT2D eigenvalue weighted by Crippen LogP contribution is -2.14. The Morgan fingerprint density at radius 1 is 1.00 bits per heavy atom. The highest BCUT2D eigenvalue weighted by Crippen LogP contribution is 2.35. The van der Waals surface area contributed by atoms with Crippen LogP contribution in [0.2, 0.25) is 10.0 Å². The molecule has 3 aromatic carbocycles. The molecule has 0 aliphatic carbocycles. The number of para-hydroxylation sites is 1. The minimum Gasteiger partial charge on any atom is -0.493 e. The van der Waals surface area contributed by atoms with Gasteiger partial charge in [0.2, 0.25) is 5.91 Å². The van der Waals surface area contributed by atoms with Crippen molar-refractivity contribution in [3.8, 4) is 11.5 Å². The van der Waals surface area contributed by atoms with Gasteiger partial charge in [-0.25, -0.2) is 0 Å². The van der Waals surface area contributed by atoms with Crippen LogP contribution >= 0.6 is 23.2 Å². The normalized spacial score (nSPS) is 11.5. The largest absolute Gasteiger partial charge is 0.493 e. The molecule has 1 amide bonds. The average molecular weight is 496 g/mol. The molecule has 4 nitrogen and oxygen atoms in total. The lowest BCUT2D eigenvalue weighted by molar-refractivity contribution is -0.136. The summed E-state index contributed by atoms with van der Waals surface area (Å²) < 4.78 is 50.3. The van der Waals surface area contributed by atoms with Gasteiger partial charge in [0.1, 0.15) is 6.61 Å². The van der Waals surface area contributed by atoms with Crippen molar-refractivity contribution in [3.05, 3.63) is 93.5 Å². The van der Waals surface area contributed by atoms with Crippen LogP contribution < -0.4 is 14.8 Å². The van der Waals surface area contributed by atoms with E-state index in [1.807, 2.05) is 0 Å². The first-order chi connectivity index (χ1) is 15.7. The maximum absolute atomic E-state index is 13.1. The first-order valence-electron chi connectivity index (χ1n) is 9.58. The highest BCUT2D eigenvalue weighted by atomic mass is 35.5. The maximum Gasteiger partial charge on any atom is 0.418 e. The summed E-state index contributed by atoms with van der Waals surface area (Å²) in [6.07, 6.45) is -2.00. The van der Waals surface area contributed by atoms with Gasteiger partial charge in [-0.3, -0.25) is 4.79 Å². The van der Waals surface area contributed by atoms with Crippen LogP contribution in [0, 0.1) is 0 Å². The first kappa shape index (κ1) is 24.5. The van der Waals surface area contributed by atoms with E-state index in [0.717, 1.165) is 12.1 Å². The summed E-state index contributed by atoms with van der Waals surface area (Å²) in [7, 11) is 1.46.